The lowest BCUT2D eigenvalue weighted by atomic mass is 9.54. The molecule has 0 aromatic rings. The van der Waals surface area contributed by atoms with Gasteiger partial charge >= 0.3 is 0 Å². The highest BCUT2D eigenvalue weighted by molar-refractivity contribution is 5.97. The van der Waals surface area contributed by atoms with Gasteiger partial charge in [0.1, 0.15) is 11.6 Å². The molecule has 2 heteroatoms. The first kappa shape index (κ1) is 8.63. The van der Waals surface area contributed by atoms with Gasteiger partial charge in [0.15, 0.2) is 0 Å². The fraction of sp³-hybridized carbons (Fsp3) is 0.833. The Balaban J connectivity index is 1.97. The SMILES string of the molecule is O=C1CCC(=O)C2C3CCC(CC3)C12. The highest BCUT2D eigenvalue weighted by Crippen LogP contribution is 2.51. The quantitative estimate of drug-likeness (QED) is 0.588. The minimum Gasteiger partial charge on any atom is -0.299 e. The lowest BCUT2D eigenvalue weighted by molar-refractivity contribution is -0.148. The number of Topliss-reactive ketones (excluding diaryl/α,β-unsaturated/α-hetero) is 2. The van der Waals surface area contributed by atoms with Crippen molar-refractivity contribution < 1.29 is 9.59 Å². The van der Waals surface area contributed by atoms with E-state index in [1.54, 1.807) is 0 Å². The topological polar surface area (TPSA) is 34.1 Å². The summed E-state index contributed by atoms with van der Waals surface area (Å²) in [5, 5.41) is 0. The number of rotatable bonds is 0. The van der Waals surface area contributed by atoms with E-state index in [2.05, 4.69) is 0 Å². The third kappa shape index (κ3) is 1.03. The highest BCUT2D eigenvalue weighted by Gasteiger charge is 2.51. The van der Waals surface area contributed by atoms with Crippen molar-refractivity contribution in [1.29, 1.82) is 0 Å². The van der Waals surface area contributed by atoms with E-state index in [1.165, 1.54) is 25.7 Å². The van der Waals surface area contributed by atoms with Gasteiger partial charge in [-0.05, 0) is 37.5 Å². The molecule has 0 saturated heterocycles. The van der Waals surface area contributed by atoms with Crippen molar-refractivity contribution in [2.24, 2.45) is 23.7 Å². The standard InChI is InChI=1S/C12H16O2/c13-9-5-6-10(14)12-8-2-1-7(3-4-8)11(9)12/h7-8,11-12H,1-6H2. The molecule has 4 rings (SSSR count). The van der Waals surface area contributed by atoms with Crippen LogP contribution in [0.5, 0.6) is 0 Å². The van der Waals surface area contributed by atoms with Crippen LogP contribution in [0.25, 0.3) is 0 Å². The molecule has 4 aliphatic rings. The Bertz CT molecular complexity index is 257. The van der Waals surface area contributed by atoms with Crippen LogP contribution in [0, 0.1) is 23.7 Å². The second-order valence-electron chi connectivity index (χ2n) is 5.16. The summed E-state index contributed by atoms with van der Waals surface area (Å²) >= 11 is 0. The molecule has 0 heterocycles. The summed E-state index contributed by atoms with van der Waals surface area (Å²) in [6.45, 7) is 0. The van der Waals surface area contributed by atoms with Crippen molar-refractivity contribution in [3.05, 3.63) is 0 Å². The molecule has 2 nitrogen and oxygen atoms in total. The number of hydrogen-bond donors (Lipinski definition) is 0. The van der Waals surface area contributed by atoms with E-state index in [9.17, 15) is 9.59 Å². The highest BCUT2D eigenvalue weighted by atomic mass is 16.1. The van der Waals surface area contributed by atoms with Crippen LogP contribution in [0.2, 0.25) is 0 Å². The number of ketones is 2. The van der Waals surface area contributed by atoms with Crippen LogP contribution in [0.3, 0.4) is 0 Å². The fourth-order valence-electron chi connectivity index (χ4n) is 3.96. The van der Waals surface area contributed by atoms with Gasteiger partial charge in [0, 0.05) is 24.7 Å². The van der Waals surface area contributed by atoms with E-state index in [4.69, 9.17) is 0 Å². The average Bonchev–Trinajstić information content (AvgIpc) is 2.25. The Morgan fingerprint density at radius 1 is 0.714 bits per heavy atom. The molecule has 4 saturated carbocycles. The van der Waals surface area contributed by atoms with E-state index in [1.807, 2.05) is 0 Å². The zero-order valence-electron chi connectivity index (χ0n) is 8.37. The first-order chi connectivity index (χ1) is 6.77. The van der Waals surface area contributed by atoms with E-state index >= 15 is 0 Å². The Morgan fingerprint density at radius 2 is 1.07 bits per heavy atom. The first-order valence-corrected chi connectivity index (χ1v) is 5.83. The lowest BCUT2D eigenvalue weighted by Crippen LogP contribution is -2.50. The van der Waals surface area contributed by atoms with Gasteiger partial charge in [0.05, 0.1) is 0 Å². The smallest absolute Gasteiger partial charge is 0.137 e. The number of fused-ring (bicyclic) bond motifs is 2. The molecule has 2 bridgehead atoms. The van der Waals surface area contributed by atoms with Gasteiger partial charge in [-0.3, -0.25) is 9.59 Å². The van der Waals surface area contributed by atoms with Gasteiger partial charge < -0.3 is 0 Å². The zero-order chi connectivity index (χ0) is 9.71. The van der Waals surface area contributed by atoms with Gasteiger partial charge in [0.25, 0.3) is 0 Å². The molecule has 0 aliphatic heterocycles. The summed E-state index contributed by atoms with van der Waals surface area (Å²) in [5.41, 5.74) is 0. The van der Waals surface area contributed by atoms with Crippen molar-refractivity contribution in [2.45, 2.75) is 38.5 Å². The van der Waals surface area contributed by atoms with Crippen LogP contribution >= 0.6 is 0 Å². The first-order valence-electron chi connectivity index (χ1n) is 5.83. The molecule has 2 unspecified atom stereocenters. The van der Waals surface area contributed by atoms with E-state index in [0.717, 1.165) is 0 Å². The lowest BCUT2D eigenvalue weighted by Gasteiger charge is -2.49. The fourth-order valence-corrected chi connectivity index (χ4v) is 3.96. The predicted molar refractivity (Wildman–Crippen MR) is 51.7 cm³/mol. The number of carbonyl (C=O) groups is 2. The van der Waals surface area contributed by atoms with Crippen LogP contribution < -0.4 is 0 Å². The summed E-state index contributed by atoms with van der Waals surface area (Å²) in [7, 11) is 0. The molecular formula is C12H16O2. The molecule has 4 aliphatic carbocycles. The Labute approximate surface area is 84.1 Å². The van der Waals surface area contributed by atoms with Crippen molar-refractivity contribution in [2.75, 3.05) is 0 Å². The summed E-state index contributed by atoms with van der Waals surface area (Å²) in [4.78, 5) is 23.6. The number of hydrogen-bond acceptors (Lipinski definition) is 2. The molecule has 0 aromatic heterocycles. The number of carbonyl (C=O) groups excluding carboxylic acids is 2. The Hall–Kier alpha value is -0.660. The maximum atomic E-state index is 11.8. The van der Waals surface area contributed by atoms with Gasteiger partial charge in [-0.2, -0.15) is 0 Å². The third-order valence-electron chi connectivity index (χ3n) is 4.58. The van der Waals surface area contributed by atoms with Crippen LogP contribution in [0.4, 0.5) is 0 Å². The monoisotopic (exact) mass is 192 g/mol. The van der Waals surface area contributed by atoms with Crippen molar-refractivity contribution in [3.8, 4) is 0 Å². The second kappa shape index (κ2) is 2.91. The van der Waals surface area contributed by atoms with E-state index < -0.39 is 0 Å². The minimum atomic E-state index is 0.142. The molecule has 0 radical (unpaired) electrons. The van der Waals surface area contributed by atoms with E-state index in [0.29, 0.717) is 36.2 Å². The van der Waals surface area contributed by atoms with E-state index in [-0.39, 0.29) is 11.8 Å². The normalized spacial score (nSPS) is 46.6. The Kier molecular flexibility index (Phi) is 1.80. The third-order valence-corrected chi connectivity index (χ3v) is 4.58. The van der Waals surface area contributed by atoms with Gasteiger partial charge in [-0.25, -0.2) is 0 Å². The van der Waals surface area contributed by atoms with Gasteiger partial charge in [-0.1, -0.05) is 0 Å². The molecule has 4 fully saturated rings. The van der Waals surface area contributed by atoms with Crippen LogP contribution in [-0.2, 0) is 9.59 Å². The zero-order valence-corrected chi connectivity index (χ0v) is 8.37. The largest absolute Gasteiger partial charge is 0.299 e. The Morgan fingerprint density at radius 3 is 1.43 bits per heavy atom. The molecule has 2 atom stereocenters. The molecule has 76 valence electrons. The minimum absolute atomic E-state index is 0.142. The molecular weight excluding hydrogens is 176 g/mol. The van der Waals surface area contributed by atoms with Crippen LogP contribution in [0.15, 0.2) is 0 Å². The van der Waals surface area contributed by atoms with Crippen LogP contribution in [0.1, 0.15) is 38.5 Å². The summed E-state index contributed by atoms with van der Waals surface area (Å²) in [6, 6.07) is 0. The predicted octanol–water partition coefficient (Wildman–Crippen LogP) is 1.97. The van der Waals surface area contributed by atoms with Gasteiger partial charge in [-0.15, -0.1) is 0 Å². The van der Waals surface area contributed by atoms with Gasteiger partial charge in [0.2, 0.25) is 0 Å². The molecule has 0 aromatic carbocycles. The van der Waals surface area contributed by atoms with Crippen molar-refractivity contribution in [1.82, 2.24) is 0 Å². The average molecular weight is 192 g/mol. The molecule has 0 amide bonds. The maximum absolute atomic E-state index is 11.8. The van der Waals surface area contributed by atoms with Crippen molar-refractivity contribution >= 4 is 11.6 Å². The summed E-state index contributed by atoms with van der Waals surface area (Å²) in [6.07, 6.45) is 5.86. The van der Waals surface area contributed by atoms with Crippen molar-refractivity contribution in [3.63, 3.8) is 0 Å². The molecule has 14 heavy (non-hydrogen) atoms. The summed E-state index contributed by atoms with van der Waals surface area (Å²) in [5.74, 6) is 2.18. The molecule has 0 spiro atoms. The molecule has 0 N–H and O–H groups in total. The summed E-state index contributed by atoms with van der Waals surface area (Å²) < 4.78 is 0. The van der Waals surface area contributed by atoms with Crippen LogP contribution in [-0.4, -0.2) is 11.6 Å². The maximum Gasteiger partial charge on any atom is 0.137 e. The second-order valence-corrected chi connectivity index (χ2v) is 5.16.